The molecule has 0 aromatic carbocycles. The topological polar surface area (TPSA) is 42.2 Å². The van der Waals surface area contributed by atoms with E-state index in [1.54, 1.807) is 11.3 Å². The van der Waals surface area contributed by atoms with Crippen LogP contribution in [0.4, 0.5) is 5.82 Å². The maximum atomic E-state index is 4.73. The van der Waals surface area contributed by atoms with Crippen LogP contribution >= 0.6 is 11.3 Å². The summed E-state index contributed by atoms with van der Waals surface area (Å²) >= 11 is 1.71. The van der Waals surface area contributed by atoms with Crippen molar-refractivity contribution >= 4 is 22.8 Å². The van der Waals surface area contributed by atoms with E-state index in [1.165, 1.54) is 17.7 Å². The van der Waals surface area contributed by atoms with Gasteiger partial charge in [-0.15, -0.1) is 11.3 Å². The summed E-state index contributed by atoms with van der Waals surface area (Å²) in [6, 6.07) is 4.15. The fraction of sp³-hybridized carbons (Fsp3) is 0.286. The molecule has 3 heterocycles. The van der Waals surface area contributed by atoms with Gasteiger partial charge in [-0.05, 0) is 30.2 Å². The molecule has 19 heavy (non-hydrogen) atoms. The third-order valence-electron chi connectivity index (χ3n) is 3.40. The zero-order chi connectivity index (χ0) is 12.7. The van der Waals surface area contributed by atoms with Crippen LogP contribution in [0.1, 0.15) is 12.8 Å². The van der Waals surface area contributed by atoms with Gasteiger partial charge < -0.3 is 9.72 Å². The van der Waals surface area contributed by atoms with Crippen molar-refractivity contribution in [3.05, 3.63) is 36.1 Å². The summed E-state index contributed by atoms with van der Waals surface area (Å²) in [6.45, 7) is 1.00. The van der Waals surface area contributed by atoms with E-state index in [1.807, 2.05) is 23.0 Å². The molecular weight excluding hydrogens is 256 g/mol. The quantitative estimate of drug-likeness (QED) is 0.791. The number of thiophene rings is 1. The van der Waals surface area contributed by atoms with E-state index < -0.39 is 0 Å². The Bertz CT molecular complexity index is 697. The first kappa shape index (κ1) is 11.0. The van der Waals surface area contributed by atoms with Crippen LogP contribution in [0.2, 0.25) is 0 Å². The van der Waals surface area contributed by atoms with Gasteiger partial charge in [-0.3, -0.25) is 0 Å². The smallest absolute Gasteiger partial charge is 0.180 e. The number of aromatic nitrogens is 3. The van der Waals surface area contributed by atoms with E-state index in [0.717, 1.165) is 29.6 Å². The molecule has 1 N–H and O–H groups in total. The predicted octanol–water partition coefficient (Wildman–Crippen LogP) is 3.28. The van der Waals surface area contributed by atoms with Crippen molar-refractivity contribution in [2.75, 3.05) is 11.9 Å². The Hall–Kier alpha value is -1.88. The first-order valence-electron chi connectivity index (χ1n) is 6.51. The van der Waals surface area contributed by atoms with Crippen LogP contribution in [-0.2, 0) is 0 Å². The lowest BCUT2D eigenvalue weighted by atomic mass is 10.3. The average molecular weight is 270 g/mol. The Labute approximate surface area is 115 Å². The van der Waals surface area contributed by atoms with Gasteiger partial charge in [-0.1, -0.05) is 6.07 Å². The van der Waals surface area contributed by atoms with E-state index in [2.05, 4.69) is 27.8 Å². The number of nitrogens with zero attached hydrogens (tertiary/aromatic N) is 3. The SMILES string of the molecule is c1csc(-c2cn3ccnc3c(NCC3CC3)n2)c1. The van der Waals surface area contributed by atoms with Crippen LogP contribution in [0.15, 0.2) is 36.1 Å². The lowest BCUT2D eigenvalue weighted by Crippen LogP contribution is -2.07. The van der Waals surface area contributed by atoms with Gasteiger partial charge in [0.2, 0.25) is 0 Å². The van der Waals surface area contributed by atoms with E-state index in [9.17, 15) is 0 Å². The largest absolute Gasteiger partial charge is 0.367 e. The highest BCUT2D eigenvalue weighted by Gasteiger charge is 2.21. The summed E-state index contributed by atoms with van der Waals surface area (Å²) < 4.78 is 2.04. The molecule has 0 saturated heterocycles. The van der Waals surface area contributed by atoms with Crippen molar-refractivity contribution in [2.24, 2.45) is 5.92 Å². The first-order chi connectivity index (χ1) is 9.40. The van der Waals surface area contributed by atoms with Crippen LogP contribution in [0.3, 0.4) is 0 Å². The Morgan fingerprint density at radius 1 is 1.42 bits per heavy atom. The molecule has 0 spiro atoms. The highest BCUT2D eigenvalue weighted by atomic mass is 32.1. The van der Waals surface area contributed by atoms with Crippen LogP contribution in [-0.4, -0.2) is 20.9 Å². The van der Waals surface area contributed by atoms with E-state index in [4.69, 9.17) is 4.98 Å². The molecule has 1 fully saturated rings. The molecule has 1 saturated carbocycles. The van der Waals surface area contributed by atoms with Crippen molar-refractivity contribution in [1.82, 2.24) is 14.4 Å². The third kappa shape index (κ3) is 2.10. The Morgan fingerprint density at radius 2 is 2.37 bits per heavy atom. The summed E-state index contributed by atoms with van der Waals surface area (Å²) in [5, 5.41) is 5.52. The number of fused-ring (bicyclic) bond motifs is 1. The summed E-state index contributed by atoms with van der Waals surface area (Å²) in [6.07, 6.45) is 8.50. The number of anilines is 1. The van der Waals surface area contributed by atoms with Crippen molar-refractivity contribution < 1.29 is 0 Å². The van der Waals surface area contributed by atoms with Crippen molar-refractivity contribution in [2.45, 2.75) is 12.8 Å². The highest BCUT2D eigenvalue weighted by molar-refractivity contribution is 7.13. The molecule has 4 nitrogen and oxygen atoms in total. The van der Waals surface area contributed by atoms with Gasteiger partial charge >= 0.3 is 0 Å². The fourth-order valence-electron chi connectivity index (χ4n) is 2.16. The normalized spacial score (nSPS) is 14.9. The number of nitrogens with one attached hydrogen (secondary N) is 1. The third-order valence-corrected chi connectivity index (χ3v) is 4.30. The summed E-state index contributed by atoms with van der Waals surface area (Å²) in [7, 11) is 0. The van der Waals surface area contributed by atoms with Crippen molar-refractivity contribution in [3.8, 4) is 10.6 Å². The van der Waals surface area contributed by atoms with Gasteiger partial charge in [0, 0.05) is 25.1 Å². The molecule has 3 aromatic heterocycles. The molecule has 4 rings (SSSR count). The van der Waals surface area contributed by atoms with Gasteiger partial charge in [0.25, 0.3) is 0 Å². The molecule has 0 amide bonds. The fourth-order valence-corrected chi connectivity index (χ4v) is 2.84. The Balaban J connectivity index is 1.77. The lowest BCUT2D eigenvalue weighted by molar-refractivity contribution is 0.882. The molecule has 5 heteroatoms. The lowest BCUT2D eigenvalue weighted by Gasteiger charge is -2.08. The van der Waals surface area contributed by atoms with Gasteiger partial charge in [0.15, 0.2) is 11.5 Å². The summed E-state index contributed by atoms with van der Waals surface area (Å²) in [5.41, 5.74) is 1.90. The number of hydrogen-bond donors (Lipinski definition) is 1. The van der Waals surface area contributed by atoms with E-state index in [-0.39, 0.29) is 0 Å². The van der Waals surface area contributed by atoms with Gasteiger partial charge in [0.05, 0.1) is 10.6 Å². The molecule has 96 valence electrons. The number of hydrogen-bond acceptors (Lipinski definition) is 4. The summed E-state index contributed by atoms with van der Waals surface area (Å²) in [5.74, 6) is 1.71. The van der Waals surface area contributed by atoms with Crippen LogP contribution in [0, 0.1) is 5.92 Å². The van der Waals surface area contributed by atoms with E-state index in [0.29, 0.717) is 0 Å². The van der Waals surface area contributed by atoms with Crippen LogP contribution in [0.25, 0.3) is 16.2 Å². The molecule has 0 atom stereocenters. The first-order valence-corrected chi connectivity index (χ1v) is 7.39. The van der Waals surface area contributed by atoms with E-state index >= 15 is 0 Å². The molecule has 0 aliphatic heterocycles. The Kier molecular flexibility index (Phi) is 2.51. The van der Waals surface area contributed by atoms with Gasteiger partial charge in [-0.25, -0.2) is 9.97 Å². The van der Waals surface area contributed by atoms with Gasteiger partial charge in [0.1, 0.15) is 0 Å². The minimum absolute atomic E-state index is 0.821. The molecule has 0 radical (unpaired) electrons. The maximum Gasteiger partial charge on any atom is 0.180 e. The van der Waals surface area contributed by atoms with Crippen molar-refractivity contribution in [1.29, 1.82) is 0 Å². The molecule has 3 aromatic rings. The monoisotopic (exact) mass is 270 g/mol. The highest BCUT2D eigenvalue weighted by Crippen LogP contribution is 2.30. The minimum Gasteiger partial charge on any atom is -0.367 e. The standard InChI is InChI=1S/C14H14N4S/c1-2-12(19-7-1)11-9-18-6-5-15-14(18)13(17-11)16-8-10-3-4-10/h1-2,5-7,9-10H,3-4,8H2,(H,16,17). The Morgan fingerprint density at radius 3 is 3.16 bits per heavy atom. The zero-order valence-electron chi connectivity index (χ0n) is 10.4. The minimum atomic E-state index is 0.821. The average Bonchev–Trinajstić information content (AvgIpc) is 2.94. The number of rotatable bonds is 4. The second-order valence-corrected chi connectivity index (χ2v) is 5.88. The molecule has 1 aliphatic rings. The van der Waals surface area contributed by atoms with Crippen molar-refractivity contribution in [3.63, 3.8) is 0 Å². The zero-order valence-corrected chi connectivity index (χ0v) is 11.2. The van der Waals surface area contributed by atoms with Gasteiger partial charge in [-0.2, -0.15) is 0 Å². The summed E-state index contributed by atoms with van der Waals surface area (Å²) in [4.78, 5) is 10.3. The molecule has 1 aliphatic carbocycles. The predicted molar refractivity (Wildman–Crippen MR) is 77.5 cm³/mol. The molecule has 0 bridgehead atoms. The second-order valence-electron chi connectivity index (χ2n) is 4.93. The molecule has 0 unspecified atom stereocenters. The van der Waals surface area contributed by atoms with Crippen LogP contribution < -0.4 is 5.32 Å². The number of imidazole rings is 1. The maximum absolute atomic E-state index is 4.73. The van der Waals surface area contributed by atoms with Crippen LogP contribution in [0.5, 0.6) is 0 Å². The molecular formula is C14H14N4S. The second kappa shape index (κ2) is 4.35.